The molecule has 1 aromatic carbocycles. The Morgan fingerprint density at radius 2 is 2.00 bits per heavy atom. The number of rotatable bonds is 3. The number of aryl methyl sites for hydroxylation is 1. The molecule has 1 aromatic heterocycles. The van der Waals surface area contributed by atoms with Gasteiger partial charge in [0.1, 0.15) is 11.4 Å². The molecule has 1 heterocycles. The van der Waals surface area contributed by atoms with Gasteiger partial charge in [0, 0.05) is 0 Å². The van der Waals surface area contributed by atoms with Gasteiger partial charge in [-0.3, -0.25) is 10.1 Å². The topological polar surface area (TPSA) is 73.3 Å². The Bertz CT molecular complexity index is 602. The second-order valence-corrected chi connectivity index (χ2v) is 3.82. The van der Waals surface area contributed by atoms with E-state index < -0.39 is 4.92 Å². The maximum absolute atomic E-state index is 10.8. The van der Waals surface area contributed by atoms with Crippen molar-refractivity contribution >= 4 is 11.9 Å². The molecule has 18 heavy (non-hydrogen) atoms. The van der Waals surface area contributed by atoms with Gasteiger partial charge in [-0.1, -0.05) is 30.3 Å². The van der Waals surface area contributed by atoms with Crippen LogP contribution < -0.4 is 0 Å². The molecule has 2 aromatic rings. The van der Waals surface area contributed by atoms with Crippen LogP contribution in [0.5, 0.6) is 0 Å². The molecule has 6 heteroatoms. The minimum absolute atomic E-state index is 0.0141. The van der Waals surface area contributed by atoms with Crippen molar-refractivity contribution in [3.05, 3.63) is 57.4 Å². The summed E-state index contributed by atoms with van der Waals surface area (Å²) in [5, 5.41) is 19.0. The van der Waals surface area contributed by atoms with E-state index in [4.69, 9.17) is 0 Å². The average molecular weight is 244 g/mol. The van der Waals surface area contributed by atoms with Crippen LogP contribution >= 0.6 is 0 Å². The smallest absolute Gasteiger partial charge is 0.258 e. The van der Waals surface area contributed by atoms with Crippen LogP contribution in [-0.4, -0.2) is 21.0 Å². The molecule has 0 bridgehead atoms. The van der Waals surface area contributed by atoms with Gasteiger partial charge in [0.15, 0.2) is 0 Å². The number of nitrogens with zero attached hydrogens (tertiary/aromatic N) is 4. The Morgan fingerprint density at radius 3 is 2.56 bits per heavy atom. The minimum atomic E-state index is -0.438. The predicted molar refractivity (Wildman–Crippen MR) is 67.8 cm³/mol. The number of benzene rings is 1. The van der Waals surface area contributed by atoms with Gasteiger partial charge >= 0.3 is 5.69 Å². The first-order valence-corrected chi connectivity index (χ1v) is 5.39. The molecule has 0 atom stereocenters. The monoisotopic (exact) mass is 244 g/mol. The van der Waals surface area contributed by atoms with Crippen molar-refractivity contribution < 1.29 is 4.92 Å². The van der Waals surface area contributed by atoms with E-state index in [1.54, 1.807) is 20.1 Å². The van der Waals surface area contributed by atoms with Crippen LogP contribution in [0.15, 0.2) is 35.4 Å². The summed E-state index contributed by atoms with van der Waals surface area (Å²) in [5.74, 6) is 0. The summed E-state index contributed by atoms with van der Waals surface area (Å²) in [6, 6.07) is 9.48. The Kier molecular flexibility index (Phi) is 3.18. The molecule has 0 aliphatic rings. The van der Waals surface area contributed by atoms with Crippen molar-refractivity contribution in [1.82, 2.24) is 9.89 Å². The molecule has 2 rings (SSSR count). The summed E-state index contributed by atoms with van der Waals surface area (Å²) in [6.07, 6.45) is 1.61. The van der Waals surface area contributed by atoms with E-state index in [1.807, 2.05) is 30.3 Å². The standard InChI is InChI=1S/C12H12N4O2/c1-9-12(16(17)18)10(2)15(14-9)13-8-11-6-4-3-5-7-11/h3-8H,1-2H3/b13-8-. The number of nitro groups is 1. The lowest BCUT2D eigenvalue weighted by Crippen LogP contribution is -1.96. The zero-order valence-electron chi connectivity index (χ0n) is 10.1. The van der Waals surface area contributed by atoms with Crippen molar-refractivity contribution in [2.45, 2.75) is 13.8 Å². The fourth-order valence-electron chi connectivity index (χ4n) is 1.66. The largest absolute Gasteiger partial charge is 0.315 e. The first-order valence-electron chi connectivity index (χ1n) is 5.39. The van der Waals surface area contributed by atoms with Gasteiger partial charge in [0.2, 0.25) is 0 Å². The van der Waals surface area contributed by atoms with E-state index in [2.05, 4.69) is 10.2 Å². The molecular formula is C12H12N4O2. The van der Waals surface area contributed by atoms with Crippen molar-refractivity contribution in [1.29, 1.82) is 0 Å². The second-order valence-electron chi connectivity index (χ2n) is 3.82. The third-order valence-electron chi connectivity index (χ3n) is 2.53. The van der Waals surface area contributed by atoms with Gasteiger partial charge in [-0.15, -0.1) is 9.89 Å². The van der Waals surface area contributed by atoms with E-state index in [0.29, 0.717) is 11.4 Å². The molecule has 6 nitrogen and oxygen atoms in total. The highest BCUT2D eigenvalue weighted by atomic mass is 16.6. The Labute approximate surface area is 104 Å². The van der Waals surface area contributed by atoms with Crippen LogP contribution in [0, 0.1) is 24.0 Å². The average Bonchev–Trinajstić information content (AvgIpc) is 2.63. The minimum Gasteiger partial charge on any atom is -0.258 e. The molecule has 0 radical (unpaired) electrons. The Morgan fingerprint density at radius 1 is 1.33 bits per heavy atom. The first kappa shape index (κ1) is 12.0. The molecular weight excluding hydrogens is 232 g/mol. The molecule has 0 saturated heterocycles. The van der Waals surface area contributed by atoms with E-state index in [1.165, 1.54) is 4.79 Å². The maximum Gasteiger partial charge on any atom is 0.315 e. The second kappa shape index (κ2) is 4.79. The van der Waals surface area contributed by atoms with Crippen molar-refractivity contribution in [2.24, 2.45) is 5.10 Å². The van der Waals surface area contributed by atoms with Gasteiger partial charge in [-0.2, -0.15) is 5.10 Å². The fourth-order valence-corrected chi connectivity index (χ4v) is 1.66. The summed E-state index contributed by atoms with van der Waals surface area (Å²) >= 11 is 0. The van der Waals surface area contributed by atoms with Crippen molar-refractivity contribution in [2.75, 3.05) is 0 Å². The lowest BCUT2D eigenvalue weighted by atomic mass is 10.2. The fraction of sp³-hybridized carbons (Fsp3) is 0.167. The van der Waals surface area contributed by atoms with Crippen LogP contribution in [0.3, 0.4) is 0 Å². The molecule has 0 unspecified atom stereocenters. The molecule has 0 aliphatic heterocycles. The predicted octanol–water partition coefficient (Wildman–Crippen LogP) is 2.29. The number of hydrogen-bond donors (Lipinski definition) is 0. The van der Waals surface area contributed by atoms with Crippen LogP contribution in [0.2, 0.25) is 0 Å². The quantitative estimate of drug-likeness (QED) is 0.472. The lowest BCUT2D eigenvalue weighted by Gasteiger charge is -1.94. The highest BCUT2D eigenvalue weighted by Gasteiger charge is 2.21. The van der Waals surface area contributed by atoms with E-state index in [9.17, 15) is 10.1 Å². The normalized spacial score (nSPS) is 11.0. The number of hydrogen-bond acceptors (Lipinski definition) is 4. The highest BCUT2D eigenvalue weighted by molar-refractivity contribution is 5.79. The van der Waals surface area contributed by atoms with Crippen LogP contribution in [0.1, 0.15) is 17.0 Å². The zero-order valence-corrected chi connectivity index (χ0v) is 10.1. The summed E-state index contributed by atoms with van der Waals surface area (Å²) in [6.45, 7) is 3.22. The van der Waals surface area contributed by atoms with Gasteiger partial charge in [0.05, 0.1) is 11.1 Å². The summed E-state index contributed by atoms with van der Waals surface area (Å²) in [7, 11) is 0. The maximum atomic E-state index is 10.8. The summed E-state index contributed by atoms with van der Waals surface area (Å²) in [5.41, 5.74) is 1.71. The Balaban J connectivity index is 2.34. The SMILES string of the molecule is Cc1nn(/N=C\c2ccccc2)c(C)c1[N+](=O)[O-]. The van der Waals surface area contributed by atoms with Crippen LogP contribution in [0.4, 0.5) is 5.69 Å². The van der Waals surface area contributed by atoms with Crippen molar-refractivity contribution in [3.63, 3.8) is 0 Å². The van der Waals surface area contributed by atoms with Crippen LogP contribution in [-0.2, 0) is 0 Å². The highest BCUT2D eigenvalue weighted by Crippen LogP contribution is 2.21. The summed E-state index contributed by atoms with van der Waals surface area (Å²) in [4.78, 5) is 11.7. The zero-order chi connectivity index (χ0) is 13.1. The number of aromatic nitrogens is 2. The van der Waals surface area contributed by atoms with E-state index in [-0.39, 0.29) is 5.69 Å². The van der Waals surface area contributed by atoms with Crippen molar-refractivity contribution in [3.8, 4) is 0 Å². The third-order valence-corrected chi connectivity index (χ3v) is 2.53. The van der Waals surface area contributed by atoms with Crippen LogP contribution in [0.25, 0.3) is 0 Å². The van der Waals surface area contributed by atoms with Gasteiger partial charge < -0.3 is 0 Å². The van der Waals surface area contributed by atoms with Gasteiger partial charge in [-0.25, -0.2) is 0 Å². The van der Waals surface area contributed by atoms with E-state index in [0.717, 1.165) is 5.56 Å². The first-order chi connectivity index (χ1) is 8.59. The van der Waals surface area contributed by atoms with E-state index >= 15 is 0 Å². The van der Waals surface area contributed by atoms with Gasteiger partial charge in [-0.05, 0) is 19.4 Å². The molecule has 0 amide bonds. The van der Waals surface area contributed by atoms with Gasteiger partial charge in [0.25, 0.3) is 0 Å². The molecule has 0 saturated carbocycles. The molecule has 0 N–H and O–H groups in total. The Hall–Kier alpha value is -2.50. The molecule has 92 valence electrons. The summed E-state index contributed by atoms with van der Waals surface area (Å²) < 4.78 is 0. The lowest BCUT2D eigenvalue weighted by molar-refractivity contribution is -0.386. The molecule has 0 aliphatic carbocycles. The molecule has 0 spiro atoms. The third kappa shape index (κ3) is 2.27. The molecule has 0 fully saturated rings.